The maximum atomic E-state index is 11.2. The number of aliphatic hydroxyl groups excluding tert-OH is 1. The Morgan fingerprint density at radius 1 is 1.57 bits per heavy atom. The van der Waals surface area contributed by atoms with E-state index in [1.807, 2.05) is 0 Å². The van der Waals surface area contributed by atoms with Crippen LogP contribution in [0.2, 0.25) is 0 Å². The van der Waals surface area contributed by atoms with E-state index in [1.165, 1.54) is 12.3 Å². The van der Waals surface area contributed by atoms with Gasteiger partial charge in [0.2, 0.25) is 0 Å². The highest BCUT2D eigenvalue weighted by Crippen LogP contribution is 2.02. The minimum Gasteiger partial charge on any atom is -0.461 e. The number of aliphatic hydroxyl groups is 1. The molecular formula is C9H12N2O3. The van der Waals surface area contributed by atoms with Gasteiger partial charge >= 0.3 is 5.97 Å². The van der Waals surface area contributed by atoms with Crippen LogP contribution in [0.4, 0.5) is 5.69 Å². The largest absolute Gasteiger partial charge is 0.461 e. The number of carbonyl (C=O) groups is 1. The Morgan fingerprint density at radius 3 is 2.93 bits per heavy atom. The minimum atomic E-state index is -0.501. The number of nitrogens with two attached hydrogens (primary N) is 1. The van der Waals surface area contributed by atoms with E-state index in [0.29, 0.717) is 12.1 Å². The van der Waals surface area contributed by atoms with Crippen molar-refractivity contribution < 1.29 is 14.6 Å². The second-order valence-electron chi connectivity index (χ2n) is 2.69. The molecule has 5 heteroatoms. The normalized spacial score (nSPS) is 9.79. The third-order valence-electron chi connectivity index (χ3n) is 1.53. The lowest BCUT2D eigenvalue weighted by atomic mass is 10.3. The summed E-state index contributed by atoms with van der Waals surface area (Å²) in [7, 11) is 0. The maximum absolute atomic E-state index is 11.2. The number of aromatic nitrogens is 1. The summed E-state index contributed by atoms with van der Waals surface area (Å²) in [6.45, 7) is 0.198. The molecule has 0 aliphatic heterocycles. The summed E-state index contributed by atoms with van der Waals surface area (Å²) in [6.07, 6.45) is 1.82. The van der Waals surface area contributed by atoms with Crippen molar-refractivity contribution in [1.29, 1.82) is 0 Å². The molecule has 0 aliphatic rings. The number of carbonyl (C=O) groups excluding carboxylic acids is 1. The van der Waals surface area contributed by atoms with Crippen LogP contribution in [0.5, 0.6) is 0 Å². The Morgan fingerprint density at radius 2 is 2.36 bits per heavy atom. The highest BCUT2D eigenvalue weighted by Gasteiger charge is 2.07. The molecular weight excluding hydrogens is 184 g/mol. The van der Waals surface area contributed by atoms with E-state index in [4.69, 9.17) is 15.6 Å². The molecule has 1 aromatic heterocycles. The first kappa shape index (κ1) is 10.5. The number of nitrogen functional groups attached to an aromatic ring is 1. The van der Waals surface area contributed by atoms with Crippen LogP contribution in [0.15, 0.2) is 18.3 Å². The van der Waals surface area contributed by atoms with Gasteiger partial charge < -0.3 is 15.6 Å². The van der Waals surface area contributed by atoms with Crippen LogP contribution in [-0.4, -0.2) is 29.3 Å². The third-order valence-corrected chi connectivity index (χ3v) is 1.53. The van der Waals surface area contributed by atoms with Crippen LogP contribution in [-0.2, 0) is 4.74 Å². The van der Waals surface area contributed by atoms with Crippen molar-refractivity contribution in [3.8, 4) is 0 Å². The predicted octanol–water partition coefficient (Wildman–Crippen LogP) is 0.203. The highest BCUT2D eigenvalue weighted by molar-refractivity contribution is 5.87. The molecule has 0 unspecified atom stereocenters. The van der Waals surface area contributed by atoms with Crippen LogP contribution < -0.4 is 5.73 Å². The first-order valence-corrected chi connectivity index (χ1v) is 4.23. The number of pyridine rings is 1. The van der Waals surface area contributed by atoms with Gasteiger partial charge in [-0.15, -0.1) is 0 Å². The Kier molecular flexibility index (Phi) is 3.87. The van der Waals surface area contributed by atoms with Gasteiger partial charge in [0, 0.05) is 13.0 Å². The van der Waals surface area contributed by atoms with E-state index in [1.54, 1.807) is 6.07 Å². The van der Waals surface area contributed by atoms with E-state index in [2.05, 4.69) is 4.98 Å². The SMILES string of the molecule is Nc1ccc(C(=O)OCCCO)nc1. The van der Waals surface area contributed by atoms with Gasteiger partial charge in [-0.2, -0.15) is 0 Å². The van der Waals surface area contributed by atoms with Gasteiger partial charge in [-0.25, -0.2) is 9.78 Å². The van der Waals surface area contributed by atoms with Crippen molar-refractivity contribution in [1.82, 2.24) is 4.98 Å². The number of esters is 1. The summed E-state index contributed by atoms with van der Waals surface area (Å²) in [5, 5.41) is 8.46. The molecule has 0 amide bonds. The fraction of sp³-hybridized carbons (Fsp3) is 0.333. The standard InChI is InChI=1S/C9H12N2O3/c10-7-2-3-8(11-6-7)9(13)14-5-1-4-12/h2-3,6,12H,1,4-5,10H2. The minimum absolute atomic E-state index is 0.00243. The number of nitrogens with zero attached hydrogens (tertiary/aromatic N) is 1. The summed E-state index contributed by atoms with van der Waals surface area (Å²) >= 11 is 0. The fourth-order valence-corrected chi connectivity index (χ4v) is 0.829. The van der Waals surface area contributed by atoms with Crippen LogP contribution >= 0.6 is 0 Å². The van der Waals surface area contributed by atoms with Crippen molar-refractivity contribution in [3.63, 3.8) is 0 Å². The molecule has 0 saturated carbocycles. The number of rotatable bonds is 4. The Bertz CT molecular complexity index is 297. The summed E-state index contributed by atoms with van der Waals surface area (Å²) in [4.78, 5) is 15.0. The van der Waals surface area contributed by atoms with Crippen LogP contribution in [0.1, 0.15) is 16.9 Å². The predicted molar refractivity (Wildman–Crippen MR) is 50.6 cm³/mol. The first-order valence-electron chi connectivity index (χ1n) is 4.23. The van der Waals surface area contributed by atoms with Gasteiger partial charge in [-0.1, -0.05) is 0 Å². The quantitative estimate of drug-likeness (QED) is 0.531. The summed E-state index contributed by atoms with van der Waals surface area (Å²) < 4.78 is 4.81. The van der Waals surface area contributed by atoms with Crippen molar-refractivity contribution >= 4 is 11.7 Å². The van der Waals surface area contributed by atoms with Gasteiger partial charge in [-0.05, 0) is 12.1 Å². The zero-order valence-electron chi connectivity index (χ0n) is 7.64. The molecule has 0 atom stereocenters. The molecule has 0 aromatic carbocycles. The van der Waals surface area contributed by atoms with Crippen LogP contribution in [0, 0.1) is 0 Å². The summed E-state index contributed by atoms with van der Waals surface area (Å²) in [5.74, 6) is -0.501. The van der Waals surface area contributed by atoms with Gasteiger partial charge in [0.15, 0.2) is 0 Å². The molecule has 0 radical (unpaired) electrons. The molecule has 1 rings (SSSR count). The number of hydrogen-bond acceptors (Lipinski definition) is 5. The van der Waals surface area contributed by atoms with Crippen LogP contribution in [0.3, 0.4) is 0 Å². The van der Waals surface area contributed by atoms with Gasteiger partial charge in [0.05, 0.1) is 18.5 Å². The van der Waals surface area contributed by atoms with Crippen molar-refractivity contribution in [2.75, 3.05) is 18.9 Å². The van der Waals surface area contributed by atoms with E-state index >= 15 is 0 Å². The average Bonchev–Trinajstić information content (AvgIpc) is 2.19. The molecule has 0 fully saturated rings. The first-order chi connectivity index (χ1) is 6.74. The number of anilines is 1. The topological polar surface area (TPSA) is 85.4 Å². The van der Waals surface area contributed by atoms with Gasteiger partial charge in [0.25, 0.3) is 0 Å². The van der Waals surface area contributed by atoms with Crippen molar-refractivity contribution in [2.24, 2.45) is 0 Å². The molecule has 1 heterocycles. The molecule has 14 heavy (non-hydrogen) atoms. The van der Waals surface area contributed by atoms with E-state index in [0.717, 1.165) is 0 Å². The van der Waals surface area contributed by atoms with Crippen LogP contribution in [0.25, 0.3) is 0 Å². The van der Waals surface area contributed by atoms with Gasteiger partial charge in [0.1, 0.15) is 5.69 Å². The van der Waals surface area contributed by atoms with Crippen molar-refractivity contribution in [2.45, 2.75) is 6.42 Å². The highest BCUT2D eigenvalue weighted by atomic mass is 16.5. The van der Waals surface area contributed by atoms with E-state index in [-0.39, 0.29) is 18.9 Å². The number of ether oxygens (including phenoxy) is 1. The lowest BCUT2D eigenvalue weighted by molar-refractivity contribution is 0.0475. The molecule has 0 bridgehead atoms. The zero-order valence-corrected chi connectivity index (χ0v) is 7.64. The molecule has 0 aliphatic carbocycles. The fourth-order valence-electron chi connectivity index (χ4n) is 0.829. The Balaban J connectivity index is 2.48. The van der Waals surface area contributed by atoms with Crippen molar-refractivity contribution in [3.05, 3.63) is 24.0 Å². The third kappa shape index (κ3) is 3.02. The van der Waals surface area contributed by atoms with Gasteiger partial charge in [-0.3, -0.25) is 0 Å². The molecule has 76 valence electrons. The summed E-state index contributed by atoms with van der Waals surface area (Å²) in [6, 6.07) is 3.08. The smallest absolute Gasteiger partial charge is 0.356 e. The monoisotopic (exact) mass is 196 g/mol. The molecule has 0 spiro atoms. The maximum Gasteiger partial charge on any atom is 0.356 e. The molecule has 3 N–H and O–H groups in total. The summed E-state index contributed by atoms with van der Waals surface area (Å²) in [5.41, 5.74) is 6.12. The average molecular weight is 196 g/mol. The van der Waals surface area contributed by atoms with E-state index in [9.17, 15) is 4.79 Å². The second kappa shape index (κ2) is 5.18. The van der Waals surface area contributed by atoms with E-state index < -0.39 is 5.97 Å². The lowest BCUT2D eigenvalue weighted by Crippen LogP contribution is -2.09. The molecule has 1 aromatic rings. The zero-order chi connectivity index (χ0) is 10.4. The second-order valence-corrected chi connectivity index (χ2v) is 2.69. The number of hydrogen-bond donors (Lipinski definition) is 2. The Labute approximate surface area is 81.5 Å². The molecule has 5 nitrogen and oxygen atoms in total. The lowest BCUT2D eigenvalue weighted by Gasteiger charge is -2.02. The Hall–Kier alpha value is -1.62. The molecule has 0 saturated heterocycles.